The zero-order valence-corrected chi connectivity index (χ0v) is 9.92. The van der Waals surface area contributed by atoms with Gasteiger partial charge in [-0.3, -0.25) is 0 Å². The molecule has 76 valence electrons. The fourth-order valence-electron chi connectivity index (χ4n) is 1.78. The molecule has 0 saturated heterocycles. The van der Waals surface area contributed by atoms with Crippen LogP contribution in [0.2, 0.25) is 0 Å². The number of nitrogens with zero attached hydrogens (tertiary/aromatic N) is 1. The second-order valence-corrected chi connectivity index (χ2v) is 4.82. The Labute approximate surface area is 93.3 Å². The van der Waals surface area contributed by atoms with Gasteiger partial charge in [0.05, 0.1) is 0 Å². The van der Waals surface area contributed by atoms with Gasteiger partial charge in [-0.25, -0.2) is 4.98 Å². The third-order valence-corrected chi connectivity index (χ3v) is 3.34. The molecule has 0 aromatic carbocycles. The average Bonchev–Trinajstić information content (AvgIpc) is 2.96. The van der Waals surface area contributed by atoms with Crippen LogP contribution in [0.4, 0.5) is 5.82 Å². The molecule has 2 rings (SSSR count). The summed E-state index contributed by atoms with van der Waals surface area (Å²) in [5.74, 6) is 2.82. The van der Waals surface area contributed by atoms with Crippen LogP contribution >= 0.6 is 15.9 Å². The van der Waals surface area contributed by atoms with E-state index >= 15 is 0 Å². The number of rotatable bonds is 4. The molecule has 1 aliphatic carbocycles. The first-order chi connectivity index (χ1) is 6.79. The first-order valence-electron chi connectivity index (χ1n) is 5.15. The molecule has 1 aliphatic rings. The molecule has 0 aliphatic heterocycles. The molecule has 3 heteroatoms. The van der Waals surface area contributed by atoms with E-state index in [4.69, 9.17) is 0 Å². The lowest BCUT2D eigenvalue weighted by Crippen LogP contribution is -2.05. The van der Waals surface area contributed by atoms with Gasteiger partial charge in [-0.1, -0.05) is 13.3 Å². The fraction of sp³-hybridized carbons (Fsp3) is 0.545. The maximum absolute atomic E-state index is 4.27. The van der Waals surface area contributed by atoms with E-state index in [2.05, 4.69) is 33.2 Å². The van der Waals surface area contributed by atoms with Crippen molar-refractivity contribution in [1.82, 2.24) is 4.98 Å². The first-order valence-corrected chi connectivity index (χ1v) is 5.94. The van der Waals surface area contributed by atoms with Crippen LogP contribution in [0.15, 0.2) is 22.8 Å². The minimum atomic E-state index is 0.880. The minimum Gasteiger partial charge on any atom is -0.370 e. The Kier molecular flexibility index (Phi) is 3.06. The summed E-state index contributed by atoms with van der Waals surface area (Å²) in [6.07, 6.45) is 4.53. The van der Waals surface area contributed by atoms with Gasteiger partial charge in [0.1, 0.15) is 5.82 Å². The molecule has 1 saturated carbocycles. The third-order valence-electron chi connectivity index (χ3n) is 2.87. The third kappa shape index (κ3) is 2.47. The quantitative estimate of drug-likeness (QED) is 0.892. The summed E-state index contributed by atoms with van der Waals surface area (Å²) in [5.41, 5.74) is 0. The van der Waals surface area contributed by atoms with Gasteiger partial charge in [0.15, 0.2) is 0 Å². The summed E-state index contributed by atoms with van der Waals surface area (Å²) < 4.78 is 1.03. The molecule has 2 atom stereocenters. The number of hydrogen-bond donors (Lipinski definition) is 1. The highest BCUT2D eigenvalue weighted by Crippen LogP contribution is 2.40. The highest BCUT2D eigenvalue weighted by atomic mass is 79.9. The van der Waals surface area contributed by atoms with Crippen LogP contribution in [-0.2, 0) is 0 Å². The molecule has 1 heterocycles. The molecule has 0 radical (unpaired) electrons. The number of halogens is 1. The molecular weight excluding hydrogens is 240 g/mol. The van der Waals surface area contributed by atoms with Crippen molar-refractivity contribution >= 4 is 21.7 Å². The van der Waals surface area contributed by atoms with E-state index in [-0.39, 0.29) is 0 Å². The van der Waals surface area contributed by atoms with E-state index in [0.717, 1.165) is 28.7 Å². The zero-order valence-electron chi connectivity index (χ0n) is 8.33. The number of nitrogens with one attached hydrogen (secondary N) is 1. The van der Waals surface area contributed by atoms with E-state index in [9.17, 15) is 0 Å². The van der Waals surface area contributed by atoms with Gasteiger partial charge in [-0.2, -0.15) is 0 Å². The second kappa shape index (κ2) is 4.30. The molecule has 1 fully saturated rings. The van der Waals surface area contributed by atoms with E-state index in [1.165, 1.54) is 12.8 Å². The standard InChI is InChI=1S/C11H15BrN2/c1-2-8-5-9(8)6-13-11-4-3-10(12)7-14-11/h3-4,7-9H,2,5-6H2,1H3,(H,13,14)/t8-,9+/m1/s1. The van der Waals surface area contributed by atoms with Gasteiger partial charge >= 0.3 is 0 Å². The van der Waals surface area contributed by atoms with Crippen molar-refractivity contribution in [3.05, 3.63) is 22.8 Å². The van der Waals surface area contributed by atoms with Crippen molar-refractivity contribution in [2.45, 2.75) is 19.8 Å². The topological polar surface area (TPSA) is 24.9 Å². The molecule has 0 unspecified atom stereocenters. The highest BCUT2D eigenvalue weighted by Gasteiger charge is 2.34. The Morgan fingerprint density at radius 3 is 2.93 bits per heavy atom. The predicted molar refractivity (Wildman–Crippen MR) is 62.3 cm³/mol. The van der Waals surface area contributed by atoms with Crippen molar-refractivity contribution in [2.75, 3.05) is 11.9 Å². The van der Waals surface area contributed by atoms with Gasteiger partial charge in [0.25, 0.3) is 0 Å². The van der Waals surface area contributed by atoms with E-state index < -0.39 is 0 Å². The van der Waals surface area contributed by atoms with Crippen LogP contribution in [0.25, 0.3) is 0 Å². The molecule has 1 aromatic rings. The summed E-state index contributed by atoms with van der Waals surface area (Å²) in [7, 11) is 0. The summed E-state index contributed by atoms with van der Waals surface area (Å²) >= 11 is 3.37. The molecule has 1 aromatic heterocycles. The molecule has 2 nitrogen and oxygen atoms in total. The highest BCUT2D eigenvalue weighted by molar-refractivity contribution is 9.10. The summed E-state index contributed by atoms with van der Waals surface area (Å²) in [6, 6.07) is 4.02. The van der Waals surface area contributed by atoms with Crippen LogP contribution in [-0.4, -0.2) is 11.5 Å². The van der Waals surface area contributed by atoms with Gasteiger partial charge in [-0.05, 0) is 46.3 Å². The normalized spacial score (nSPS) is 24.7. The molecular formula is C11H15BrN2. The maximum atomic E-state index is 4.27. The Balaban J connectivity index is 1.78. The molecule has 0 spiro atoms. The number of aromatic nitrogens is 1. The SMILES string of the molecule is CC[C@@H]1C[C@H]1CNc1ccc(Br)cn1. The minimum absolute atomic E-state index is 0.880. The molecule has 1 N–H and O–H groups in total. The van der Waals surface area contributed by atoms with E-state index in [1.54, 1.807) is 0 Å². The van der Waals surface area contributed by atoms with Crippen LogP contribution in [0.5, 0.6) is 0 Å². The molecule has 0 bridgehead atoms. The van der Waals surface area contributed by atoms with Crippen molar-refractivity contribution in [3.8, 4) is 0 Å². The van der Waals surface area contributed by atoms with Crippen LogP contribution in [0.3, 0.4) is 0 Å². The van der Waals surface area contributed by atoms with Crippen molar-refractivity contribution in [1.29, 1.82) is 0 Å². The Hall–Kier alpha value is -0.570. The Morgan fingerprint density at radius 2 is 2.36 bits per heavy atom. The van der Waals surface area contributed by atoms with E-state index in [0.29, 0.717) is 0 Å². The lowest BCUT2D eigenvalue weighted by molar-refractivity contribution is 0.700. The molecule has 14 heavy (non-hydrogen) atoms. The van der Waals surface area contributed by atoms with Gasteiger partial charge in [0, 0.05) is 17.2 Å². The fourth-order valence-corrected chi connectivity index (χ4v) is 2.01. The summed E-state index contributed by atoms with van der Waals surface area (Å²) in [4.78, 5) is 4.27. The largest absolute Gasteiger partial charge is 0.370 e. The van der Waals surface area contributed by atoms with Crippen LogP contribution in [0, 0.1) is 11.8 Å². The predicted octanol–water partition coefficient (Wildman–Crippen LogP) is 3.30. The monoisotopic (exact) mass is 254 g/mol. The van der Waals surface area contributed by atoms with Crippen molar-refractivity contribution < 1.29 is 0 Å². The van der Waals surface area contributed by atoms with E-state index in [1.807, 2.05) is 18.3 Å². The number of pyridine rings is 1. The summed E-state index contributed by atoms with van der Waals surface area (Å²) in [6.45, 7) is 3.34. The van der Waals surface area contributed by atoms with Crippen LogP contribution in [0.1, 0.15) is 19.8 Å². The summed E-state index contributed by atoms with van der Waals surface area (Å²) in [5, 5.41) is 3.37. The van der Waals surface area contributed by atoms with Crippen molar-refractivity contribution in [2.24, 2.45) is 11.8 Å². The smallest absolute Gasteiger partial charge is 0.125 e. The average molecular weight is 255 g/mol. The number of hydrogen-bond acceptors (Lipinski definition) is 2. The van der Waals surface area contributed by atoms with Crippen molar-refractivity contribution in [3.63, 3.8) is 0 Å². The Morgan fingerprint density at radius 1 is 1.50 bits per heavy atom. The number of anilines is 1. The second-order valence-electron chi connectivity index (χ2n) is 3.91. The zero-order chi connectivity index (χ0) is 9.97. The maximum Gasteiger partial charge on any atom is 0.125 e. The first kappa shape index (κ1) is 9.97. The molecule has 0 amide bonds. The van der Waals surface area contributed by atoms with Gasteiger partial charge < -0.3 is 5.32 Å². The van der Waals surface area contributed by atoms with Gasteiger partial charge in [0.2, 0.25) is 0 Å². The lowest BCUT2D eigenvalue weighted by atomic mass is 10.2. The van der Waals surface area contributed by atoms with Gasteiger partial charge in [-0.15, -0.1) is 0 Å². The Bertz CT molecular complexity index is 297. The lowest BCUT2D eigenvalue weighted by Gasteiger charge is -2.04. The van der Waals surface area contributed by atoms with Crippen LogP contribution < -0.4 is 5.32 Å².